The topological polar surface area (TPSA) is 37.4 Å². The predicted molar refractivity (Wildman–Crippen MR) is 107 cm³/mol. The predicted octanol–water partition coefficient (Wildman–Crippen LogP) is 5.23. The van der Waals surface area contributed by atoms with Crippen LogP contribution < -0.4 is 0 Å². The molecule has 1 aliphatic heterocycles. The van der Waals surface area contributed by atoms with Crippen LogP contribution in [-0.4, -0.2) is 19.3 Å². The molecule has 26 heavy (non-hydrogen) atoms. The number of sulfonamides is 1. The van der Waals surface area contributed by atoms with Crippen molar-refractivity contribution in [2.75, 3.05) is 6.54 Å². The average molecular weight is 372 g/mol. The number of rotatable bonds is 3. The van der Waals surface area contributed by atoms with E-state index in [0.717, 1.165) is 47.9 Å². The normalized spacial score (nSPS) is 19.3. The van der Waals surface area contributed by atoms with Gasteiger partial charge in [0.25, 0.3) is 0 Å². The molecule has 1 fully saturated rings. The molecule has 0 spiro atoms. The first-order valence-electron chi connectivity index (χ1n) is 9.47. The van der Waals surface area contributed by atoms with E-state index in [-0.39, 0.29) is 6.04 Å². The number of hydrogen-bond donors (Lipinski definition) is 0. The van der Waals surface area contributed by atoms with Gasteiger partial charge in [0.05, 0.1) is 10.9 Å². The fraction of sp³-hybridized carbons (Fsp3) is 0.455. The van der Waals surface area contributed by atoms with Gasteiger partial charge in [-0.1, -0.05) is 60.4 Å². The van der Waals surface area contributed by atoms with Crippen LogP contribution in [0.4, 0.5) is 0 Å². The number of nitrogens with zero attached hydrogens (tertiary/aromatic N) is 1. The SMILES string of the molecule is Cc1ccc([C@@H]2CCCCCN2S(=O)(=O)c2c(C)cc(C)cc2C)cc1. The molecule has 2 aromatic carbocycles. The maximum Gasteiger partial charge on any atom is 0.244 e. The molecule has 1 heterocycles. The van der Waals surface area contributed by atoms with Crippen molar-refractivity contribution in [3.8, 4) is 0 Å². The van der Waals surface area contributed by atoms with Gasteiger partial charge in [-0.2, -0.15) is 4.31 Å². The Kier molecular flexibility index (Phi) is 5.54. The third kappa shape index (κ3) is 3.72. The van der Waals surface area contributed by atoms with E-state index in [0.29, 0.717) is 11.4 Å². The van der Waals surface area contributed by atoms with Gasteiger partial charge in [-0.15, -0.1) is 0 Å². The van der Waals surface area contributed by atoms with Gasteiger partial charge >= 0.3 is 0 Å². The molecule has 1 saturated heterocycles. The Morgan fingerprint density at radius 2 is 1.46 bits per heavy atom. The number of hydrogen-bond acceptors (Lipinski definition) is 2. The number of benzene rings is 2. The maximum absolute atomic E-state index is 13.7. The molecular weight excluding hydrogens is 342 g/mol. The molecule has 1 atom stereocenters. The molecule has 0 radical (unpaired) electrons. The highest BCUT2D eigenvalue weighted by Gasteiger charge is 2.35. The molecule has 0 unspecified atom stereocenters. The summed E-state index contributed by atoms with van der Waals surface area (Å²) in [6, 6.07) is 12.2. The molecule has 3 rings (SSSR count). The Morgan fingerprint density at radius 3 is 2.08 bits per heavy atom. The van der Waals surface area contributed by atoms with Crippen LogP contribution in [0.15, 0.2) is 41.3 Å². The van der Waals surface area contributed by atoms with Crippen LogP contribution in [0.5, 0.6) is 0 Å². The smallest absolute Gasteiger partial charge is 0.207 e. The summed E-state index contributed by atoms with van der Waals surface area (Å²) in [5, 5.41) is 0. The fourth-order valence-electron chi connectivity index (χ4n) is 4.18. The minimum atomic E-state index is -3.54. The highest BCUT2D eigenvalue weighted by atomic mass is 32.2. The quantitative estimate of drug-likeness (QED) is 0.741. The molecule has 3 nitrogen and oxygen atoms in total. The molecule has 0 saturated carbocycles. The molecule has 0 bridgehead atoms. The molecule has 0 N–H and O–H groups in total. The Balaban J connectivity index is 2.09. The summed E-state index contributed by atoms with van der Waals surface area (Å²) in [5.74, 6) is 0. The lowest BCUT2D eigenvalue weighted by molar-refractivity contribution is 0.328. The summed E-state index contributed by atoms with van der Waals surface area (Å²) in [6.07, 6.45) is 3.95. The summed E-state index contributed by atoms with van der Waals surface area (Å²) >= 11 is 0. The Bertz CT molecular complexity index is 862. The molecule has 140 valence electrons. The summed E-state index contributed by atoms with van der Waals surface area (Å²) in [6.45, 7) is 8.48. The maximum atomic E-state index is 13.7. The van der Waals surface area contributed by atoms with Crippen LogP contribution in [0.2, 0.25) is 0 Å². The minimum Gasteiger partial charge on any atom is -0.207 e. The lowest BCUT2D eigenvalue weighted by atomic mass is 10.0. The highest BCUT2D eigenvalue weighted by molar-refractivity contribution is 7.89. The van der Waals surface area contributed by atoms with Gasteiger partial charge in [0.1, 0.15) is 0 Å². The van der Waals surface area contributed by atoms with Crippen molar-refractivity contribution >= 4 is 10.0 Å². The third-order valence-corrected chi connectivity index (χ3v) is 7.55. The fourth-order valence-corrected chi connectivity index (χ4v) is 6.28. The van der Waals surface area contributed by atoms with Crippen LogP contribution in [0.25, 0.3) is 0 Å². The van der Waals surface area contributed by atoms with E-state index >= 15 is 0 Å². The van der Waals surface area contributed by atoms with E-state index in [4.69, 9.17) is 0 Å². The second-order valence-corrected chi connectivity index (χ2v) is 9.45. The zero-order valence-corrected chi connectivity index (χ0v) is 17.1. The molecule has 0 aliphatic carbocycles. The summed E-state index contributed by atoms with van der Waals surface area (Å²) in [7, 11) is -3.54. The van der Waals surface area contributed by atoms with Gasteiger partial charge in [-0.3, -0.25) is 0 Å². The van der Waals surface area contributed by atoms with E-state index < -0.39 is 10.0 Å². The van der Waals surface area contributed by atoms with Crippen molar-refractivity contribution in [1.29, 1.82) is 0 Å². The van der Waals surface area contributed by atoms with Gasteiger partial charge in [0.2, 0.25) is 10.0 Å². The lowest BCUT2D eigenvalue weighted by Crippen LogP contribution is -2.35. The monoisotopic (exact) mass is 371 g/mol. The van der Waals surface area contributed by atoms with Crippen molar-refractivity contribution in [2.24, 2.45) is 0 Å². The standard InChI is InChI=1S/C22H29NO2S/c1-16-9-11-20(12-10-16)21-8-6-5-7-13-23(21)26(24,25)22-18(3)14-17(2)15-19(22)4/h9-12,14-15,21H,5-8,13H2,1-4H3/t21-/m0/s1. The van der Waals surface area contributed by atoms with Gasteiger partial charge in [-0.25, -0.2) is 8.42 Å². The van der Waals surface area contributed by atoms with Crippen molar-refractivity contribution in [2.45, 2.75) is 64.3 Å². The number of aryl methyl sites for hydroxylation is 4. The van der Waals surface area contributed by atoms with E-state index in [9.17, 15) is 8.42 Å². The van der Waals surface area contributed by atoms with Crippen LogP contribution in [0.3, 0.4) is 0 Å². The zero-order valence-electron chi connectivity index (χ0n) is 16.2. The highest BCUT2D eigenvalue weighted by Crippen LogP contribution is 2.36. The van der Waals surface area contributed by atoms with Crippen molar-refractivity contribution in [1.82, 2.24) is 4.31 Å². The van der Waals surface area contributed by atoms with Crippen molar-refractivity contribution < 1.29 is 8.42 Å². The van der Waals surface area contributed by atoms with Gasteiger partial charge in [0, 0.05) is 6.54 Å². The van der Waals surface area contributed by atoms with Crippen molar-refractivity contribution in [3.05, 3.63) is 64.2 Å². The zero-order chi connectivity index (χ0) is 18.9. The molecular formula is C22H29NO2S. The first kappa shape index (κ1) is 19.1. The van der Waals surface area contributed by atoms with E-state index in [2.05, 4.69) is 31.2 Å². The summed E-state index contributed by atoms with van der Waals surface area (Å²) < 4.78 is 29.1. The minimum absolute atomic E-state index is 0.0804. The average Bonchev–Trinajstić information content (AvgIpc) is 2.80. The Hall–Kier alpha value is -1.65. The van der Waals surface area contributed by atoms with Crippen LogP contribution in [0.1, 0.15) is 59.5 Å². The molecule has 1 aliphatic rings. The van der Waals surface area contributed by atoms with Gasteiger partial charge in [-0.05, 0) is 57.2 Å². The Morgan fingerprint density at radius 1 is 0.846 bits per heavy atom. The molecule has 2 aromatic rings. The molecule has 4 heteroatoms. The lowest BCUT2D eigenvalue weighted by Gasteiger charge is -2.31. The largest absolute Gasteiger partial charge is 0.244 e. The molecule has 0 amide bonds. The van der Waals surface area contributed by atoms with E-state index in [1.165, 1.54) is 5.56 Å². The van der Waals surface area contributed by atoms with Crippen LogP contribution in [0, 0.1) is 27.7 Å². The first-order chi connectivity index (χ1) is 12.3. The van der Waals surface area contributed by atoms with Crippen LogP contribution in [-0.2, 0) is 10.0 Å². The van der Waals surface area contributed by atoms with E-state index in [1.807, 2.05) is 32.9 Å². The second-order valence-electron chi connectivity index (χ2n) is 7.62. The van der Waals surface area contributed by atoms with E-state index in [1.54, 1.807) is 4.31 Å². The third-order valence-electron chi connectivity index (χ3n) is 5.34. The Labute approximate surface area is 158 Å². The summed E-state index contributed by atoms with van der Waals surface area (Å²) in [5.41, 5.74) is 5.08. The van der Waals surface area contributed by atoms with Gasteiger partial charge in [0.15, 0.2) is 0 Å². The summed E-state index contributed by atoms with van der Waals surface area (Å²) in [4.78, 5) is 0.488. The van der Waals surface area contributed by atoms with Crippen LogP contribution >= 0.6 is 0 Å². The van der Waals surface area contributed by atoms with Gasteiger partial charge < -0.3 is 0 Å². The second kappa shape index (κ2) is 7.53. The first-order valence-corrected chi connectivity index (χ1v) is 10.9. The molecule has 0 aromatic heterocycles. The van der Waals surface area contributed by atoms with Crippen molar-refractivity contribution in [3.63, 3.8) is 0 Å².